The fourth-order valence-corrected chi connectivity index (χ4v) is 1.20. The predicted molar refractivity (Wildman–Crippen MR) is 49.3 cm³/mol. The molecule has 0 aliphatic heterocycles. The highest BCUT2D eigenvalue weighted by molar-refractivity contribution is 5.93. The molecule has 0 spiro atoms. The number of rotatable bonds is 2. The van der Waals surface area contributed by atoms with E-state index in [1.165, 1.54) is 6.07 Å². The van der Waals surface area contributed by atoms with Crippen LogP contribution in [0.5, 0.6) is 0 Å². The maximum absolute atomic E-state index is 12.4. The molecule has 15 heavy (non-hydrogen) atoms. The van der Waals surface area contributed by atoms with Crippen molar-refractivity contribution in [1.82, 2.24) is 0 Å². The molecule has 0 aliphatic rings. The van der Waals surface area contributed by atoms with Crippen LogP contribution in [0.2, 0.25) is 0 Å². The molecule has 1 amide bonds. The summed E-state index contributed by atoms with van der Waals surface area (Å²) in [4.78, 5) is 10.8. The van der Waals surface area contributed by atoms with Gasteiger partial charge in [0.25, 0.3) is 0 Å². The van der Waals surface area contributed by atoms with Crippen molar-refractivity contribution in [1.29, 1.82) is 0 Å². The summed E-state index contributed by atoms with van der Waals surface area (Å²) in [6.45, 7) is 1.71. The highest BCUT2D eigenvalue weighted by Crippen LogP contribution is 2.30. The average Bonchev–Trinajstić information content (AvgIpc) is 2.15. The van der Waals surface area contributed by atoms with Crippen LogP contribution >= 0.6 is 0 Å². The van der Waals surface area contributed by atoms with Crippen LogP contribution in [0.15, 0.2) is 18.2 Å². The zero-order valence-electron chi connectivity index (χ0n) is 8.06. The maximum atomic E-state index is 12.4. The van der Waals surface area contributed by atoms with Gasteiger partial charge in [-0.25, -0.2) is 0 Å². The molecule has 2 N–H and O–H groups in total. The Morgan fingerprint density at radius 3 is 2.33 bits per heavy atom. The molecule has 0 atom stereocenters. The molecular formula is C10H10F3NO. The van der Waals surface area contributed by atoms with Gasteiger partial charge in [-0.15, -0.1) is 0 Å². The zero-order valence-corrected chi connectivity index (χ0v) is 8.06. The number of hydrogen-bond acceptors (Lipinski definition) is 1. The molecule has 5 heteroatoms. The average molecular weight is 217 g/mol. The molecule has 0 unspecified atom stereocenters. The lowest BCUT2D eigenvalue weighted by Gasteiger charge is -2.09. The minimum absolute atomic E-state index is 0.110. The second-order valence-electron chi connectivity index (χ2n) is 3.13. The number of carbonyl (C=O) groups is 1. The molecule has 0 fully saturated rings. The van der Waals surface area contributed by atoms with Crippen LogP contribution in [0.1, 0.15) is 28.4 Å². The van der Waals surface area contributed by atoms with E-state index in [4.69, 9.17) is 5.73 Å². The van der Waals surface area contributed by atoms with Gasteiger partial charge in [-0.3, -0.25) is 4.79 Å². The Balaban J connectivity index is 3.30. The lowest BCUT2D eigenvalue weighted by molar-refractivity contribution is -0.137. The Kier molecular flexibility index (Phi) is 3.02. The second kappa shape index (κ2) is 3.92. The summed E-state index contributed by atoms with van der Waals surface area (Å²) in [5, 5.41) is 0. The molecule has 1 aromatic rings. The van der Waals surface area contributed by atoms with Gasteiger partial charge in [0.05, 0.1) is 5.56 Å². The monoisotopic (exact) mass is 217 g/mol. The molecule has 1 aromatic carbocycles. The lowest BCUT2D eigenvalue weighted by Crippen LogP contribution is -2.14. The largest absolute Gasteiger partial charge is 0.416 e. The SMILES string of the molecule is CCc1cc(C(N)=O)cc(C(F)(F)F)c1. The summed E-state index contributed by atoms with van der Waals surface area (Å²) in [7, 11) is 0. The van der Waals surface area contributed by atoms with Crippen molar-refractivity contribution in [2.75, 3.05) is 0 Å². The van der Waals surface area contributed by atoms with E-state index in [9.17, 15) is 18.0 Å². The Morgan fingerprint density at radius 1 is 1.33 bits per heavy atom. The molecule has 0 saturated heterocycles. The van der Waals surface area contributed by atoms with Crippen molar-refractivity contribution in [3.05, 3.63) is 34.9 Å². The quantitative estimate of drug-likeness (QED) is 0.811. The third-order valence-corrected chi connectivity index (χ3v) is 2.01. The number of amides is 1. The van der Waals surface area contributed by atoms with Gasteiger partial charge in [0, 0.05) is 5.56 Å². The van der Waals surface area contributed by atoms with Gasteiger partial charge >= 0.3 is 6.18 Å². The molecular weight excluding hydrogens is 207 g/mol. The van der Waals surface area contributed by atoms with E-state index in [2.05, 4.69) is 0 Å². The summed E-state index contributed by atoms with van der Waals surface area (Å²) >= 11 is 0. The second-order valence-corrected chi connectivity index (χ2v) is 3.13. The van der Waals surface area contributed by atoms with Gasteiger partial charge in [0.2, 0.25) is 5.91 Å². The van der Waals surface area contributed by atoms with Crippen molar-refractivity contribution < 1.29 is 18.0 Å². The maximum Gasteiger partial charge on any atom is 0.416 e. The number of nitrogens with two attached hydrogens (primary N) is 1. The Labute approximate surface area is 84.9 Å². The lowest BCUT2D eigenvalue weighted by atomic mass is 10.0. The summed E-state index contributed by atoms with van der Waals surface area (Å²) in [5.41, 5.74) is 4.44. The van der Waals surface area contributed by atoms with Gasteiger partial charge in [-0.1, -0.05) is 6.92 Å². The topological polar surface area (TPSA) is 43.1 Å². The van der Waals surface area contributed by atoms with Crippen LogP contribution in [0.25, 0.3) is 0 Å². The number of carbonyl (C=O) groups excluding carboxylic acids is 1. The van der Waals surface area contributed by atoms with Crippen LogP contribution in [0.3, 0.4) is 0 Å². The first-order valence-electron chi connectivity index (χ1n) is 4.35. The third-order valence-electron chi connectivity index (χ3n) is 2.01. The Bertz CT molecular complexity index is 385. The van der Waals surface area contributed by atoms with Gasteiger partial charge in [-0.2, -0.15) is 13.2 Å². The highest BCUT2D eigenvalue weighted by atomic mass is 19.4. The van der Waals surface area contributed by atoms with Gasteiger partial charge < -0.3 is 5.73 Å². The molecule has 82 valence electrons. The first-order chi connectivity index (χ1) is 6.84. The van der Waals surface area contributed by atoms with Crippen molar-refractivity contribution in [3.8, 4) is 0 Å². The van der Waals surface area contributed by atoms with E-state index < -0.39 is 17.6 Å². The Hall–Kier alpha value is -1.52. The number of aryl methyl sites for hydroxylation is 1. The van der Waals surface area contributed by atoms with E-state index in [-0.39, 0.29) is 5.56 Å². The summed E-state index contributed by atoms with van der Waals surface area (Å²) in [6, 6.07) is 3.16. The fourth-order valence-electron chi connectivity index (χ4n) is 1.20. The number of alkyl halides is 3. The first kappa shape index (κ1) is 11.6. The number of hydrogen-bond donors (Lipinski definition) is 1. The van der Waals surface area contributed by atoms with E-state index in [1.54, 1.807) is 6.92 Å². The van der Waals surface area contributed by atoms with E-state index >= 15 is 0 Å². The Morgan fingerprint density at radius 2 is 1.93 bits per heavy atom. The van der Waals surface area contributed by atoms with Crippen LogP contribution in [-0.2, 0) is 12.6 Å². The number of primary amides is 1. The van der Waals surface area contributed by atoms with Crippen LogP contribution in [-0.4, -0.2) is 5.91 Å². The van der Waals surface area contributed by atoms with E-state index in [0.717, 1.165) is 12.1 Å². The summed E-state index contributed by atoms with van der Waals surface area (Å²) in [6.07, 6.45) is -4.03. The van der Waals surface area contributed by atoms with Crippen molar-refractivity contribution in [2.24, 2.45) is 5.73 Å². The number of halogens is 3. The van der Waals surface area contributed by atoms with E-state index in [1.807, 2.05) is 0 Å². The molecule has 1 rings (SSSR count). The number of benzene rings is 1. The normalized spacial score (nSPS) is 11.5. The van der Waals surface area contributed by atoms with Gasteiger partial charge in [0.1, 0.15) is 0 Å². The third kappa shape index (κ3) is 2.71. The predicted octanol–water partition coefficient (Wildman–Crippen LogP) is 2.37. The van der Waals surface area contributed by atoms with Crippen molar-refractivity contribution in [3.63, 3.8) is 0 Å². The molecule has 2 nitrogen and oxygen atoms in total. The standard InChI is InChI=1S/C10H10F3NO/c1-2-6-3-7(9(14)15)5-8(4-6)10(11,12)13/h3-5H,2H2,1H3,(H2,14,15). The van der Waals surface area contributed by atoms with Gasteiger partial charge in [0.15, 0.2) is 0 Å². The minimum Gasteiger partial charge on any atom is -0.366 e. The first-order valence-corrected chi connectivity index (χ1v) is 4.35. The van der Waals surface area contributed by atoms with Crippen LogP contribution in [0.4, 0.5) is 13.2 Å². The molecule has 0 saturated carbocycles. The highest BCUT2D eigenvalue weighted by Gasteiger charge is 2.31. The van der Waals surface area contributed by atoms with Crippen molar-refractivity contribution >= 4 is 5.91 Å². The van der Waals surface area contributed by atoms with Crippen LogP contribution < -0.4 is 5.73 Å². The summed E-state index contributed by atoms with van der Waals surface area (Å²) in [5.74, 6) is -0.851. The van der Waals surface area contributed by atoms with Gasteiger partial charge in [-0.05, 0) is 30.2 Å². The molecule has 0 aliphatic carbocycles. The molecule has 0 bridgehead atoms. The molecule has 0 heterocycles. The minimum atomic E-state index is -4.45. The van der Waals surface area contributed by atoms with Crippen LogP contribution in [0, 0.1) is 0 Å². The fraction of sp³-hybridized carbons (Fsp3) is 0.300. The molecule has 0 radical (unpaired) electrons. The summed E-state index contributed by atoms with van der Waals surface area (Å²) < 4.78 is 37.2. The zero-order chi connectivity index (χ0) is 11.6. The van der Waals surface area contributed by atoms with Crippen molar-refractivity contribution in [2.45, 2.75) is 19.5 Å². The van der Waals surface area contributed by atoms with E-state index in [0.29, 0.717) is 12.0 Å². The molecule has 0 aromatic heterocycles. The smallest absolute Gasteiger partial charge is 0.366 e.